The van der Waals surface area contributed by atoms with Gasteiger partial charge in [-0.25, -0.2) is 0 Å². The first kappa shape index (κ1) is 45.3. The van der Waals surface area contributed by atoms with E-state index in [0.29, 0.717) is 0 Å². The molecule has 0 aromatic heterocycles. The monoisotopic (exact) mass is 622 g/mol. The number of nitrogens with two attached hydrogens (primary N) is 1. The minimum Gasteiger partial charge on any atom is -0.481 e. The van der Waals surface area contributed by atoms with Crippen LogP contribution in [-0.4, -0.2) is 17.6 Å². The summed E-state index contributed by atoms with van der Waals surface area (Å²) in [6.07, 6.45) is 51.3. The van der Waals surface area contributed by atoms with Gasteiger partial charge >= 0.3 is 0 Å². The highest BCUT2D eigenvalue weighted by Crippen LogP contribution is 2.20. The first-order valence-electron chi connectivity index (χ1n) is 20.2. The Morgan fingerprint density at radius 2 is 0.614 bits per heavy atom. The van der Waals surface area contributed by atoms with Crippen molar-refractivity contribution in [1.82, 2.24) is 0 Å². The highest BCUT2D eigenvalue weighted by Gasteiger charge is 2.00. The quantitative estimate of drug-likeness (QED) is 0.0546. The van der Waals surface area contributed by atoms with Crippen LogP contribution >= 0.6 is 0 Å². The van der Waals surface area contributed by atoms with Crippen LogP contribution in [0.15, 0.2) is 11.6 Å². The summed E-state index contributed by atoms with van der Waals surface area (Å²) in [6, 6.07) is 0. The van der Waals surface area contributed by atoms with E-state index in [1.807, 2.05) is 0 Å². The van der Waals surface area contributed by atoms with Gasteiger partial charge in [-0.2, -0.15) is 0 Å². The van der Waals surface area contributed by atoms with Crippen LogP contribution in [0.5, 0.6) is 0 Å². The Balaban J connectivity index is 0. The van der Waals surface area contributed by atoms with Gasteiger partial charge in [-0.05, 0) is 25.7 Å². The molecule has 0 unspecified atom stereocenters. The van der Waals surface area contributed by atoms with Crippen molar-refractivity contribution >= 4 is 5.97 Å². The molecule has 0 aromatic rings. The standard InChI is InChI=1S/C39H79N.C2H4O2/c1-3-5-7-9-11-13-15-17-19-21-23-25-27-29-31-33-35-39(37-38-40)36-34-32-30-28-26-24-22-20-18-16-14-12-10-8-6-4-2;1-2(3)4/h37H,3-36,38,40H2,1-2H3;1H3,(H,3,4). The van der Waals surface area contributed by atoms with E-state index in [0.717, 1.165) is 13.5 Å². The molecule has 3 N–H and O–H groups in total. The van der Waals surface area contributed by atoms with Crippen molar-refractivity contribution in [3.63, 3.8) is 0 Å². The average Bonchev–Trinajstić information content (AvgIpc) is 3.00. The van der Waals surface area contributed by atoms with Crippen LogP contribution in [0.25, 0.3) is 0 Å². The van der Waals surface area contributed by atoms with Gasteiger partial charge in [-0.1, -0.05) is 218 Å². The van der Waals surface area contributed by atoms with Gasteiger partial charge in [0.2, 0.25) is 0 Å². The first-order chi connectivity index (χ1) is 21.6. The van der Waals surface area contributed by atoms with E-state index in [-0.39, 0.29) is 0 Å². The number of unbranched alkanes of at least 4 members (excludes halogenated alkanes) is 30. The van der Waals surface area contributed by atoms with Crippen molar-refractivity contribution in [2.75, 3.05) is 6.54 Å². The largest absolute Gasteiger partial charge is 0.481 e. The molecule has 0 saturated heterocycles. The molecule has 0 aliphatic rings. The Bertz CT molecular complexity index is 517. The summed E-state index contributed by atoms with van der Waals surface area (Å²) in [7, 11) is 0. The summed E-state index contributed by atoms with van der Waals surface area (Å²) in [5.41, 5.74) is 7.53. The van der Waals surface area contributed by atoms with Gasteiger partial charge in [0.05, 0.1) is 0 Å². The molecule has 3 heteroatoms. The second kappa shape index (κ2) is 42.2. The number of carbonyl (C=O) groups is 1. The predicted molar refractivity (Wildman–Crippen MR) is 199 cm³/mol. The van der Waals surface area contributed by atoms with E-state index in [9.17, 15) is 0 Å². The molecular weight excluding hydrogens is 538 g/mol. The van der Waals surface area contributed by atoms with E-state index in [1.54, 1.807) is 5.57 Å². The average molecular weight is 622 g/mol. The first-order valence-corrected chi connectivity index (χ1v) is 20.2. The number of hydrogen-bond donors (Lipinski definition) is 2. The van der Waals surface area contributed by atoms with Gasteiger partial charge in [0.25, 0.3) is 5.97 Å². The minimum atomic E-state index is -0.833. The smallest absolute Gasteiger partial charge is 0.300 e. The zero-order valence-corrected chi connectivity index (χ0v) is 30.8. The molecule has 0 rings (SSSR count). The van der Waals surface area contributed by atoms with Gasteiger partial charge in [0, 0.05) is 13.5 Å². The van der Waals surface area contributed by atoms with Crippen LogP contribution in [0.4, 0.5) is 0 Å². The van der Waals surface area contributed by atoms with Crippen molar-refractivity contribution in [2.24, 2.45) is 5.73 Å². The SMILES string of the molecule is CC(=O)O.CCCCCCCCCCCCCCCCCCC(=CCN)CCCCCCCCCCCCCCCCCC. The van der Waals surface area contributed by atoms with Crippen molar-refractivity contribution in [2.45, 2.75) is 239 Å². The number of aliphatic carboxylic acids is 1. The maximum absolute atomic E-state index is 9.00. The lowest BCUT2D eigenvalue weighted by atomic mass is 9.98. The van der Waals surface area contributed by atoms with Gasteiger partial charge in [-0.15, -0.1) is 0 Å². The summed E-state index contributed by atoms with van der Waals surface area (Å²) < 4.78 is 0. The highest BCUT2D eigenvalue weighted by atomic mass is 16.4. The van der Waals surface area contributed by atoms with Gasteiger partial charge in [0.1, 0.15) is 0 Å². The molecule has 0 spiro atoms. The van der Waals surface area contributed by atoms with Crippen molar-refractivity contribution < 1.29 is 9.90 Å². The maximum Gasteiger partial charge on any atom is 0.300 e. The number of carboxylic acid groups (broad SMARTS) is 1. The van der Waals surface area contributed by atoms with Crippen LogP contribution in [-0.2, 0) is 4.79 Å². The molecule has 0 fully saturated rings. The lowest BCUT2D eigenvalue weighted by molar-refractivity contribution is -0.134. The fraction of sp³-hybridized carbons (Fsp3) is 0.927. The summed E-state index contributed by atoms with van der Waals surface area (Å²) >= 11 is 0. The molecule has 0 aliphatic heterocycles. The van der Waals surface area contributed by atoms with E-state index in [4.69, 9.17) is 15.6 Å². The van der Waals surface area contributed by atoms with Crippen LogP contribution in [0.2, 0.25) is 0 Å². The third-order valence-corrected chi connectivity index (χ3v) is 9.11. The minimum absolute atomic E-state index is 0.729. The van der Waals surface area contributed by atoms with Crippen LogP contribution in [0.3, 0.4) is 0 Å². The molecule has 0 bridgehead atoms. The molecule has 0 aromatic carbocycles. The second-order valence-corrected chi connectivity index (χ2v) is 13.7. The van der Waals surface area contributed by atoms with Crippen molar-refractivity contribution in [1.29, 1.82) is 0 Å². The summed E-state index contributed by atoms with van der Waals surface area (Å²) in [6.45, 7) is 6.42. The van der Waals surface area contributed by atoms with Gasteiger partial charge < -0.3 is 10.8 Å². The molecular formula is C41H83NO2. The number of hydrogen-bond acceptors (Lipinski definition) is 2. The van der Waals surface area contributed by atoms with Crippen LogP contribution in [0, 0.1) is 0 Å². The molecule has 0 atom stereocenters. The third-order valence-electron chi connectivity index (χ3n) is 9.11. The Hall–Kier alpha value is -0.830. The predicted octanol–water partition coefficient (Wildman–Crippen LogP) is 14.3. The molecule has 44 heavy (non-hydrogen) atoms. The molecule has 0 aliphatic carbocycles. The van der Waals surface area contributed by atoms with Crippen molar-refractivity contribution in [3.8, 4) is 0 Å². The van der Waals surface area contributed by atoms with Gasteiger partial charge in [0.15, 0.2) is 0 Å². The van der Waals surface area contributed by atoms with E-state index >= 15 is 0 Å². The lowest BCUT2D eigenvalue weighted by Gasteiger charge is -2.08. The van der Waals surface area contributed by atoms with Gasteiger partial charge in [-0.3, -0.25) is 4.79 Å². The number of rotatable bonds is 35. The molecule has 0 heterocycles. The van der Waals surface area contributed by atoms with E-state index in [1.165, 1.54) is 218 Å². The normalized spacial score (nSPS) is 10.9. The summed E-state index contributed by atoms with van der Waals surface area (Å²) in [5, 5.41) is 7.42. The fourth-order valence-electron chi connectivity index (χ4n) is 6.30. The lowest BCUT2D eigenvalue weighted by Crippen LogP contribution is -1.97. The maximum atomic E-state index is 9.00. The van der Waals surface area contributed by atoms with E-state index in [2.05, 4.69) is 19.9 Å². The zero-order valence-electron chi connectivity index (χ0n) is 30.8. The summed E-state index contributed by atoms with van der Waals surface area (Å²) in [5.74, 6) is -0.833. The van der Waals surface area contributed by atoms with E-state index < -0.39 is 5.97 Å². The van der Waals surface area contributed by atoms with Crippen molar-refractivity contribution in [3.05, 3.63) is 11.6 Å². The fourth-order valence-corrected chi connectivity index (χ4v) is 6.30. The summed E-state index contributed by atoms with van der Waals surface area (Å²) in [4.78, 5) is 9.00. The van der Waals surface area contributed by atoms with Crippen LogP contribution in [0.1, 0.15) is 239 Å². The molecule has 0 saturated carbocycles. The zero-order chi connectivity index (χ0) is 32.6. The molecule has 0 radical (unpaired) electrons. The molecule has 264 valence electrons. The Morgan fingerprint density at radius 1 is 0.432 bits per heavy atom. The second-order valence-electron chi connectivity index (χ2n) is 13.7. The highest BCUT2D eigenvalue weighted by molar-refractivity contribution is 5.62. The Labute approximate surface area is 278 Å². The van der Waals surface area contributed by atoms with Crippen LogP contribution < -0.4 is 5.73 Å². The number of allylic oxidation sites excluding steroid dienone is 1. The third kappa shape index (κ3) is 45.6. The molecule has 3 nitrogen and oxygen atoms in total. The Morgan fingerprint density at radius 3 is 0.795 bits per heavy atom. The topological polar surface area (TPSA) is 63.3 Å². The molecule has 0 amide bonds. The Kier molecular flexibility index (Phi) is 43.4. The number of carboxylic acids is 1.